The minimum absolute atomic E-state index is 0.0654. The Balaban J connectivity index is 1.83. The van der Waals surface area contributed by atoms with Crippen LogP contribution in [0.15, 0.2) is 33.9 Å². The summed E-state index contributed by atoms with van der Waals surface area (Å²) in [6, 6.07) is 7.38. The summed E-state index contributed by atoms with van der Waals surface area (Å²) in [4.78, 5) is 11.9. The van der Waals surface area contributed by atoms with Crippen molar-refractivity contribution in [2.75, 3.05) is 26.6 Å². The first-order valence-electron chi connectivity index (χ1n) is 7.51. The number of hydrogen-bond donors (Lipinski definition) is 1. The quantitative estimate of drug-likeness (QED) is 0.694. The van der Waals surface area contributed by atoms with Gasteiger partial charge in [0.15, 0.2) is 0 Å². The van der Waals surface area contributed by atoms with Gasteiger partial charge in [0.25, 0.3) is 5.22 Å². The summed E-state index contributed by atoms with van der Waals surface area (Å²) < 4.78 is 15.7. The minimum atomic E-state index is -0.0761. The number of amides is 1. The molecular weight excluding hydrogens is 330 g/mol. The molecule has 0 aliphatic heterocycles. The topological polar surface area (TPSA) is 86.5 Å². The van der Waals surface area contributed by atoms with E-state index in [2.05, 4.69) is 15.5 Å². The van der Waals surface area contributed by atoms with E-state index in [1.54, 1.807) is 14.2 Å². The van der Waals surface area contributed by atoms with Crippen molar-refractivity contribution in [1.82, 2.24) is 15.5 Å². The highest BCUT2D eigenvalue weighted by Crippen LogP contribution is 2.24. The summed E-state index contributed by atoms with van der Waals surface area (Å²) in [6.45, 7) is 2.56. The standard InChI is InChI=1S/C16H21N3O4S/c1-11(8-9-21-2)17-14(20)10-24-16-19-18-15(23-16)12-4-6-13(22-3)7-5-12/h4-7,11H,8-10H2,1-3H3,(H,17,20). The number of hydrogen-bond acceptors (Lipinski definition) is 7. The molecule has 1 atom stereocenters. The average molecular weight is 351 g/mol. The van der Waals surface area contributed by atoms with Crippen LogP contribution in [0.3, 0.4) is 0 Å². The maximum atomic E-state index is 11.9. The Kier molecular flexibility index (Phi) is 7.07. The second-order valence-electron chi connectivity index (χ2n) is 5.14. The highest BCUT2D eigenvalue weighted by Gasteiger charge is 2.12. The van der Waals surface area contributed by atoms with Crippen LogP contribution < -0.4 is 10.1 Å². The van der Waals surface area contributed by atoms with Crippen LogP contribution in [-0.2, 0) is 9.53 Å². The van der Waals surface area contributed by atoms with Crippen molar-refractivity contribution >= 4 is 17.7 Å². The molecule has 1 N–H and O–H groups in total. The summed E-state index contributed by atoms with van der Waals surface area (Å²) >= 11 is 1.21. The molecule has 0 spiro atoms. The number of benzene rings is 1. The van der Waals surface area contributed by atoms with Gasteiger partial charge in [0.05, 0.1) is 12.9 Å². The van der Waals surface area contributed by atoms with Crippen LogP contribution in [0.1, 0.15) is 13.3 Å². The first kappa shape index (κ1) is 18.3. The molecule has 130 valence electrons. The molecule has 0 fully saturated rings. The summed E-state index contributed by atoms with van der Waals surface area (Å²) in [5.41, 5.74) is 0.799. The number of nitrogens with one attached hydrogen (secondary N) is 1. The third-order valence-corrected chi connectivity index (χ3v) is 4.05. The summed E-state index contributed by atoms with van der Waals surface area (Å²) in [5, 5.41) is 11.2. The van der Waals surface area contributed by atoms with Crippen LogP contribution in [0, 0.1) is 0 Å². The summed E-state index contributed by atoms with van der Waals surface area (Å²) in [7, 11) is 3.25. The van der Waals surface area contributed by atoms with Gasteiger partial charge in [-0.2, -0.15) is 0 Å². The van der Waals surface area contributed by atoms with Crippen LogP contribution in [0.25, 0.3) is 11.5 Å². The first-order chi connectivity index (χ1) is 11.6. The highest BCUT2D eigenvalue weighted by molar-refractivity contribution is 7.99. The third-order valence-electron chi connectivity index (χ3n) is 3.23. The Morgan fingerprint density at radius 1 is 1.29 bits per heavy atom. The van der Waals surface area contributed by atoms with Crippen molar-refractivity contribution in [2.24, 2.45) is 0 Å². The molecule has 8 heteroatoms. The van der Waals surface area contributed by atoms with Crippen molar-refractivity contribution in [3.05, 3.63) is 24.3 Å². The molecular formula is C16H21N3O4S. The van der Waals surface area contributed by atoms with E-state index in [0.29, 0.717) is 17.7 Å². The van der Waals surface area contributed by atoms with Gasteiger partial charge in [0, 0.05) is 25.3 Å². The molecule has 0 bridgehead atoms. The lowest BCUT2D eigenvalue weighted by Crippen LogP contribution is -2.34. The van der Waals surface area contributed by atoms with Crippen molar-refractivity contribution in [3.63, 3.8) is 0 Å². The fourth-order valence-electron chi connectivity index (χ4n) is 1.93. The summed E-state index contributed by atoms with van der Waals surface area (Å²) in [6.07, 6.45) is 0.773. The van der Waals surface area contributed by atoms with Gasteiger partial charge in [-0.25, -0.2) is 0 Å². The van der Waals surface area contributed by atoms with Gasteiger partial charge >= 0.3 is 0 Å². The second-order valence-corrected chi connectivity index (χ2v) is 6.07. The van der Waals surface area contributed by atoms with E-state index in [9.17, 15) is 4.79 Å². The number of carbonyl (C=O) groups excluding carboxylic acids is 1. The zero-order valence-corrected chi connectivity index (χ0v) is 14.8. The van der Waals surface area contributed by atoms with Crippen LogP contribution in [-0.4, -0.2) is 48.7 Å². The van der Waals surface area contributed by atoms with E-state index in [-0.39, 0.29) is 17.7 Å². The predicted octanol–water partition coefficient (Wildman–Crippen LogP) is 2.38. The largest absolute Gasteiger partial charge is 0.497 e. The molecule has 1 unspecified atom stereocenters. The molecule has 2 aromatic rings. The number of nitrogens with zero attached hydrogens (tertiary/aromatic N) is 2. The van der Waals surface area contributed by atoms with E-state index in [4.69, 9.17) is 13.9 Å². The van der Waals surface area contributed by atoms with Gasteiger partial charge in [-0.05, 0) is 37.6 Å². The molecule has 24 heavy (non-hydrogen) atoms. The van der Waals surface area contributed by atoms with E-state index >= 15 is 0 Å². The smallest absolute Gasteiger partial charge is 0.277 e. The molecule has 1 heterocycles. The number of methoxy groups -OCH3 is 2. The Morgan fingerprint density at radius 2 is 2.04 bits per heavy atom. The molecule has 7 nitrogen and oxygen atoms in total. The normalized spacial score (nSPS) is 12.0. The molecule has 0 aliphatic carbocycles. The third kappa shape index (κ3) is 5.54. The van der Waals surface area contributed by atoms with Gasteiger partial charge in [0.1, 0.15) is 5.75 Å². The van der Waals surface area contributed by atoms with Gasteiger partial charge in [-0.1, -0.05) is 11.8 Å². The molecule has 2 rings (SSSR count). The van der Waals surface area contributed by atoms with Gasteiger partial charge in [-0.15, -0.1) is 10.2 Å². The molecule has 0 aliphatic rings. The monoisotopic (exact) mass is 351 g/mol. The molecule has 0 radical (unpaired) electrons. The van der Waals surface area contributed by atoms with Crippen molar-refractivity contribution in [3.8, 4) is 17.2 Å². The van der Waals surface area contributed by atoms with Crippen LogP contribution >= 0.6 is 11.8 Å². The van der Waals surface area contributed by atoms with E-state index < -0.39 is 0 Å². The number of aromatic nitrogens is 2. The number of rotatable bonds is 9. The summed E-state index contributed by atoms with van der Waals surface area (Å²) in [5.74, 6) is 1.32. The fraction of sp³-hybridized carbons (Fsp3) is 0.438. The average Bonchev–Trinajstić information content (AvgIpc) is 3.07. The number of carbonyl (C=O) groups is 1. The SMILES string of the molecule is COCCC(C)NC(=O)CSc1nnc(-c2ccc(OC)cc2)o1. The second kappa shape index (κ2) is 9.29. The molecule has 1 aromatic heterocycles. The predicted molar refractivity (Wildman–Crippen MR) is 91.1 cm³/mol. The Morgan fingerprint density at radius 3 is 2.71 bits per heavy atom. The zero-order valence-electron chi connectivity index (χ0n) is 13.9. The maximum Gasteiger partial charge on any atom is 0.277 e. The fourth-order valence-corrected chi connectivity index (χ4v) is 2.50. The Labute approximate surface area is 145 Å². The number of ether oxygens (including phenoxy) is 2. The van der Waals surface area contributed by atoms with Crippen molar-refractivity contribution in [1.29, 1.82) is 0 Å². The van der Waals surface area contributed by atoms with Gasteiger partial charge in [-0.3, -0.25) is 4.79 Å². The molecule has 0 saturated carbocycles. The lowest BCUT2D eigenvalue weighted by atomic mass is 10.2. The zero-order chi connectivity index (χ0) is 17.4. The number of thioether (sulfide) groups is 1. The van der Waals surface area contributed by atoms with Crippen molar-refractivity contribution < 1.29 is 18.7 Å². The van der Waals surface area contributed by atoms with Gasteiger partial charge in [0.2, 0.25) is 11.8 Å². The van der Waals surface area contributed by atoms with Crippen LogP contribution in [0.2, 0.25) is 0 Å². The van der Waals surface area contributed by atoms with E-state index in [1.165, 1.54) is 11.8 Å². The molecule has 0 saturated heterocycles. The highest BCUT2D eigenvalue weighted by atomic mass is 32.2. The van der Waals surface area contributed by atoms with Gasteiger partial charge < -0.3 is 19.2 Å². The first-order valence-corrected chi connectivity index (χ1v) is 8.50. The van der Waals surface area contributed by atoms with Crippen LogP contribution in [0.5, 0.6) is 5.75 Å². The minimum Gasteiger partial charge on any atom is -0.497 e. The van der Waals surface area contributed by atoms with Crippen molar-refractivity contribution in [2.45, 2.75) is 24.6 Å². The lowest BCUT2D eigenvalue weighted by molar-refractivity contribution is -0.119. The molecule has 1 amide bonds. The van der Waals surface area contributed by atoms with E-state index in [0.717, 1.165) is 17.7 Å². The Bertz CT molecular complexity index is 645. The van der Waals surface area contributed by atoms with E-state index in [1.807, 2.05) is 31.2 Å². The van der Waals surface area contributed by atoms with Crippen LogP contribution in [0.4, 0.5) is 0 Å². The maximum absolute atomic E-state index is 11.9. The Hall–Kier alpha value is -2.06. The lowest BCUT2D eigenvalue weighted by Gasteiger charge is -2.12. The molecule has 1 aromatic carbocycles.